The minimum absolute atomic E-state index is 0.0800. The lowest BCUT2D eigenvalue weighted by Crippen LogP contribution is -2.45. The molecule has 0 aromatic carbocycles. The predicted octanol–water partition coefficient (Wildman–Crippen LogP) is 3.45. The second kappa shape index (κ2) is 2.16. The van der Waals surface area contributed by atoms with Gasteiger partial charge in [-0.05, 0) is 43.9 Å². The van der Waals surface area contributed by atoms with Gasteiger partial charge in [-0.2, -0.15) is 10.2 Å². The Morgan fingerprint density at radius 1 is 0.875 bits per heavy atom. The van der Waals surface area contributed by atoms with Crippen LogP contribution in [0.4, 0.5) is 0 Å². The first-order valence-corrected chi connectivity index (χ1v) is 6.54. The van der Waals surface area contributed by atoms with Crippen molar-refractivity contribution in [3.8, 4) is 0 Å². The number of rotatable bonds is 0. The van der Waals surface area contributed by atoms with Gasteiger partial charge in [-0.25, -0.2) is 0 Å². The first-order valence-electron chi connectivity index (χ1n) is 6.54. The molecule has 2 fully saturated rings. The number of hydrogen-bond acceptors (Lipinski definition) is 2. The van der Waals surface area contributed by atoms with Gasteiger partial charge in [-0.15, -0.1) is 0 Å². The van der Waals surface area contributed by atoms with Gasteiger partial charge in [-0.1, -0.05) is 26.0 Å². The van der Waals surface area contributed by atoms with E-state index < -0.39 is 0 Å². The molecule has 0 amide bonds. The third-order valence-electron chi connectivity index (χ3n) is 6.75. The maximum Gasteiger partial charge on any atom is 0.0899 e. The van der Waals surface area contributed by atoms with Crippen LogP contribution in [0.2, 0.25) is 0 Å². The lowest BCUT2D eigenvalue weighted by molar-refractivity contribution is 0.157. The number of nitrogens with zero attached hydrogens (tertiary/aromatic N) is 2. The van der Waals surface area contributed by atoms with Crippen molar-refractivity contribution in [1.82, 2.24) is 0 Å². The van der Waals surface area contributed by atoms with E-state index >= 15 is 0 Å². The number of fused-ring (bicyclic) bond motifs is 9. The fourth-order valence-electron chi connectivity index (χ4n) is 5.29. The third-order valence-corrected chi connectivity index (χ3v) is 6.75. The minimum atomic E-state index is 0.0800. The molecule has 2 saturated carbocycles. The van der Waals surface area contributed by atoms with Crippen molar-refractivity contribution in [2.45, 2.75) is 45.2 Å². The molecule has 0 radical (unpaired) electrons. The molecule has 0 N–H and O–H groups in total. The molecule has 6 atom stereocenters. The van der Waals surface area contributed by atoms with Crippen molar-refractivity contribution >= 4 is 0 Å². The first-order chi connectivity index (χ1) is 7.42. The molecule has 0 aromatic heterocycles. The fourth-order valence-corrected chi connectivity index (χ4v) is 5.29. The second-order valence-electron chi connectivity index (χ2n) is 7.12. The van der Waals surface area contributed by atoms with E-state index in [4.69, 9.17) is 10.2 Å². The first kappa shape index (κ1) is 9.38. The molecule has 4 aliphatic rings. The standard InChI is InChI=1S/C14H20N2/c1-12(2)13(3)10-8-5-6-9(7-8)11(10)14(12,4)16-15-13/h5-6,8-11H,7H2,1-4H3/t8-,9+,10+,11-,13-,14+. The average molecular weight is 216 g/mol. The molecular formula is C14H20N2. The third kappa shape index (κ3) is 0.618. The summed E-state index contributed by atoms with van der Waals surface area (Å²) in [6.45, 7) is 9.46. The van der Waals surface area contributed by atoms with Crippen LogP contribution in [0.5, 0.6) is 0 Å². The Kier molecular flexibility index (Phi) is 1.27. The zero-order valence-corrected chi connectivity index (χ0v) is 10.6. The quantitative estimate of drug-likeness (QED) is 0.438. The number of azo groups is 1. The van der Waals surface area contributed by atoms with Crippen LogP contribution in [-0.4, -0.2) is 11.1 Å². The predicted molar refractivity (Wildman–Crippen MR) is 63.2 cm³/mol. The van der Waals surface area contributed by atoms with Crippen molar-refractivity contribution in [2.24, 2.45) is 39.3 Å². The summed E-state index contributed by atoms with van der Waals surface area (Å²) < 4.78 is 0. The van der Waals surface area contributed by atoms with Gasteiger partial charge >= 0.3 is 0 Å². The summed E-state index contributed by atoms with van der Waals surface area (Å²) in [7, 11) is 0. The monoisotopic (exact) mass is 216 g/mol. The van der Waals surface area contributed by atoms with Crippen molar-refractivity contribution in [3.63, 3.8) is 0 Å². The van der Waals surface area contributed by atoms with Gasteiger partial charge in [-0.3, -0.25) is 0 Å². The highest BCUT2D eigenvalue weighted by molar-refractivity contribution is 5.34. The number of allylic oxidation sites excluding steroid dienone is 2. The molecular weight excluding hydrogens is 196 g/mol. The smallest absolute Gasteiger partial charge is 0.0899 e. The van der Waals surface area contributed by atoms with E-state index in [1.54, 1.807) is 0 Å². The Bertz CT molecular complexity index is 400. The van der Waals surface area contributed by atoms with E-state index in [9.17, 15) is 0 Å². The highest BCUT2D eigenvalue weighted by Gasteiger charge is 2.77. The molecule has 0 saturated heterocycles. The van der Waals surface area contributed by atoms with E-state index in [1.165, 1.54) is 6.42 Å². The van der Waals surface area contributed by atoms with E-state index in [0.29, 0.717) is 0 Å². The summed E-state index contributed by atoms with van der Waals surface area (Å²) in [5.41, 5.74) is 0.380. The van der Waals surface area contributed by atoms with Crippen LogP contribution in [0.3, 0.4) is 0 Å². The largest absolute Gasteiger partial charge is 0.186 e. The van der Waals surface area contributed by atoms with Gasteiger partial charge in [0.15, 0.2) is 0 Å². The van der Waals surface area contributed by atoms with Crippen molar-refractivity contribution in [1.29, 1.82) is 0 Å². The molecule has 0 unspecified atom stereocenters. The van der Waals surface area contributed by atoms with E-state index in [-0.39, 0.29) is 16.5 Å². The lowest BCUT2D eigenvalue weighted by atomic mass is 9.66. The SMILES string of the molecule is CC1(C)[C@@]2(C)N=N[C@]1(C)[C@@H]1[C@H]2[C@H]2C=C[C@@H]1C2. The van der Waals surface area contributed by atoms with Gasteiger partial charge in [0.1, 0.15) is 0 Å². The summed E-state index contributed by atoms with van der Waals surface area (Å²) in [6.07, 6.45) is 6.26. The van der Waals surface area contributed by atoms with Crippen LogP contribution in [0.1, 0.15) is 34.1 Å². The van der Waals surface area contributed by atoms with E-state index in [1.807, 2.05) is 0 Å². The molecule has 16 heavy (non-hydrogen) atoms. The summed E-state index contributed by atoms with van der Waals surface area (Å²) >= 11 is 0. The fraction of sp³-hybridized carbons (Fsp3) is 0.857. The maximum absolute atomic E-state index is 4.71. The number of hydrogen-bond donors (Lipinski definition) is 0. The normalized spacial score (nSPS) is 63.2. The van der Waals surface area contributed by atoms with Crippen molar-refractivity contribution < 1.29 is 0 Å². The van der Waals surface area contributed by atoms with Gasteiger partial charge in [0.2, 0.25) is 0 Å². The second-order valence-corrected chi connectivity index (χ2v) is 7.12. The Morgan fingerprint density at radius 2 is 1.31 bits per heavy atom. The van der Waals surface area contributed by atoms with Gasteiger partial charge in [0.25, 0.3) is 0 Å². The average Bonchev–Trinajstić information content (AvgIpc) is 2.89. The van der Waals surface area contributed by atoms with Crippen LogP contribution < -0.4 is 0 Å². The summed E-state index contributed by atoms with van der Waals surface area (Å²) in [5, 5.41) is 9.43. The van der Waals surface area contributed by atoms with Crippen LogP contribution in [0.25, 0.3) is 0 Å². The van der Waals surface area contributed by atoms with Crippen molar-refractivity contribution in [3.05, 3.63) is 12.2 Å². The molecule has 1 heterocycles. The van der Waals surface area contributed by atoms with Crippen LogP contribution >= 0.6 is 0 Å². The zero-order valence-electron chi connectivity index (χ0n) is 10.6. The zero-order chi connectivity index (χ0) is 11.3. The molecule has 3 aliphatic carbocycles. The molecule has 0 spiro atoms. The van der Waals surface area contributed by atoms with E-state index in [2.05, 4.69) is 39.8 Å². The van der Waals surface area contributed by atoms with Gasteiger partial charge in [0.05, 0.1) is 11.1 Å². The van der Waals surface area contributed by atoms with Gasteiger partial charge < -0.3 is 0 Å². The lowest BCUT2D eigenvalue weighted by Gasteiger charge is -2.38. The Labute approximate surface area is 97.2 Å². The topological polar surface area (TPSA) is 24.7 Å². The summed E-state index contributed by atoms with van der Waals surface area (Å²) in [4.78, 5) is 0. The molecule has 2 heteroatoms. The minimum Gasteiger partial charge on any atom is -0.186 e. The van der Waals surface area contributed by atoms with Crippen molar-refractivity contribution in [2.75, 3.05) is 0 Å². The van der Waals surface area contributed by atoms with Gasteiger partial charge in [0, 0.05) is 5.41 Å². The molecule has 4 rings (SSSR count). The maximum atomic E-state index is 4.71. The Morgan fingerprint density at radius 3 is 1.75 bits per heavy atom. The highest BCUT2D eigenvalue weighted by Crippen LogP contribution is 2.74. The molecule has 4 bridgehead atoms. The highest BCUT2D eigenvalue weighted by atomic mass is 15.3. The van der Waals surface area contributed by atoms with Crippen LogP contribution in [0, 0.1) is 29.1 Å². The van der Waals surface area contributed by atoms with E-state index in [0.717, 1.165) is 23.7 Å². The Balaban J connectivity index is 1.97. The molecule has 0 aromatic rings. The molecule has 86 valence electrons. The summed E-state index contributed by atoms with van der Waals surface area (Å²) in [5.74, 6) is 3.06. The molecule has 1 aliphatic heterocycles. The molecule has 2 nitrogen and oxygen atoms in total. The summed E-state index contributed by atoms with van der Waals surface area (Å²) in [6, 6.07) is 0. The van der Waals surface area contributed by atoms with Crippen LogP contribution in [0.15, 0.2) is 22.4 Å². The van der Waals surface area contributed by atoms with Crippen LogP contribution in [-0.2, 0) is 0 Å². The Hall–Kier alpha value is -0.660.